The summed E-state index contributed by atoms with van der Waals surface area (Å²) in [4.78, 5) is 25.2. The molecule has 2 atom stereocenters. The van der Waals surface area contributed by atoms with E-state index in [1.165, 1.54) is 50.7 Å². The maximum atomic E-state index is 13.4. The molecule has 2 aromatic carbocycles. The summed E-state index contributed by atoms with van der Waals surface area (Å²) in [6.45, 7) is 4.37. The lowest BCUT2D eigenvalue weighted by atomic mass is 10.0. The molecule has 0 radical (unpaired) electrons. The van der Waals surface area contributed by atoms with Gasteiger partial charge < -0.3 is 19.9 Å². The highest BCUT2D eigenvalue weighted by atomic mass is 35.5. The van der Waals surface area contributed by atoms with Crippen molar-refractivity contribution in [3.05, 3.63) is 58.4 Å². The first-order valence-electron chi connectivity index (χ1n) is 9.79. The molecule has 1 fully saturated rings. The molecule has 1 aliphatic heterocycles. The Balaban J connectivity index is 1.67. The molecule has 3 rings (SSSR count). The molecule has 0 aromatic heterocycles. The number of anilines is 1. The van der Waals surface area contributed by atoms with Crippen LogP contribution in [0.1, 0.15) is 37.6 Å². The van der Waals surface area contributed by atoms with Crippen LogP contribution >= 0.6 is 23.4 Å². The summed E-state index contributed by atoms with van der Waals surface area (Å²) >= 11 is 7.45. The number of cyclic esters (lactones) is 1. The lowest BCUT2D eigenvalue weighted by Gasteiger charge is -2.28. The highest BCUT2D eigenvalue weighted by Crippen LogP contribution is 2.36. The number of thioether (sulfide) groups is 1. The zero-order valence-electron chi connectivity index (χ0n) is 17.9. The van der Waals surface area contributed by atoms with Crippen molar-refractivity contribution in [2.45, 2.75) is 49.6 Å². The quantitative estimate of drug-likeness (QED) is 0.241. The van der Waals surface area contributed by atoms with Crippen molar-refractivity contribution in [1.29, 1.82) is 0 Å². The highest BCUT2D eigenvalue weighted by Gasteiger charge is 2.49. The second kappa shape index (κ2) is 9.54. The van der Waals surface area contributed by atoms with Crippen molar-refractivity contribution in [3.8, 4) is 0 Å². The van der Waals surface area contributed by atoms with Crippen molar-refractivity contribution < 1.29 is 37.3 Å². The van der Waals surface area contributed by atoms with E-state index in [1.807, 2.05) is 0 Å². The third-order valence-electron chi connectivity index (χ3n) is 4.66. The zero-order valence-corrected chi connectivity index (χ0v) is 19.5. The van der Waals surface area contributed by atoms with E-state index >= 15 is 0 Å². The number of aliphatic hydroxyl groups is 1. The molecule has 0 saturated carbocycles. The third kappa shape index (κ3) is 6.20. The van der Waals surface area contributed by atoms with Crippen LogP contribution < -0.4 is 5.32 Å². The van der Waals surface area contributed by atoms with E-state index in [9.17, 15) is 27.9 Å². The van der Waals surface area contributed by atoms with Gasteiger partial charge >= 0.3 is 5.97 Å². The molecular formula is C22H21ClF3NO5S. The standard InChI is InChI=1S/C22H21ClF3NO5S/c1-21(2,30)32-22(3)9-13(31-20(22)29)10-33-17-6-11(4-5-14(17)23)19(28)27-12-7-15(24)18(26)16(25)8-12/h4-8,13,30H,9-10H2,1-3H3,(H,27,28). The zero-order chi connectivity index (χ0) is 24.6. The van der Waals surface area contributed by atoms with Crippen molar-refractivity contribution in [3.63, 3.8) is 0 Å². The Hall–Kier alpha value is -2.27. The minimum absolute atomic E-state index is 0.144. The van der Waals surface area contributed by atoms with Gasteiger partial charge in [-0.15, -0.1) is 11.8 Å². The molecule has 33 heavy (non-hydrogen) atoms. The van der Waals surface area contributed by atoms with Crippen molar-refractivity contribution >= 4 is 40.9 Å². The fraction of sp³-hybridized carbons (Fsp3) is 0.364. The molecular weight excluding hydrogens is 483 g/mol. The molecule has 1 amide bonds. The van der Waals surface area contributed by atoms with Crippen LogP contribution in [-0.4, -0.2) is 40.2 Å². The number of esters is 1. The molecule has 0 bridgehead atoms. The predicted octanol–water partition coefficient (Wildman–Crippen LogP) is 4.92. The number of hydrogen-bond acceptors (Lipinski definition) is 6. The van der Waals surface area contributed by atoms with E-state index in [2.05, 4.69) is 5.32 Å². The molecule has 0 aliphatic carbocycles. The molecule has 2 unspecified atom stereocenters. The van der Waals surface area contributed by atoms with Crippen LogP contribution in [0.4, 0.5) is 18.9 Å². The van der Waals surface area contributed by atoms with Gasteiger partial charge in [-0.05, 0) is 39.0 Å². The molecule has 1 aliphatic rings. The Morgan fingerprint density at radius 3 is 2.55 bits per heavy atom. The van der Waals surface area contributed by atoms with Crippen LogP contribution in [0.15, 0.2) is 35.2 Å². The van der Waals surface area contributed by atoms with Crippen molar-refractivity contribution in [1.82, 2.24) is 0 Å². The average Bonchev–Trinajstić information content (AvgIpc) is 2.96. The molecule has 0 spiro atoms. The van der Waals surface area contributed by atoms with Crippen LogP contribution in [0.2, 0.25) is 5.02 Å². The number of ether oxygens (including phenoxy) is 2. The van der Waals surface area contributed by atoms with Gasteiger partial charge in [-0.3, -0.25) is 4.79 Å². The van der Waals surface area contributed by atoms with Gasteiger partial charge in [-0.25, -0.2) is 18.0 Å². The maximum Gasteiger partial charge on any atom is 0.338 e. The summed E-state index contributed by atoms with van der Waals surface area (Å²) < 4.78 is 50.7. The first-order valence-corrected chi connectivity index (χ1v) is 11.2. The third-order valence-corrected chi connectivity index (χ3v) is 6.29. The Kier molecular flexibility index (Phi) is 7.33. The minimum atomic E-state index is -1.63. The Labute approximate surface area is 197 Å². The van der Waals surface area contributed by atoms with E-state index in [1.54, 1.807) is 0 Å². The second-order valence-corrected chi connectivity index (χ2v) is 9.64. The van der Waals surface area contributed by atoms with Gasteiger partial charge in [0, 0.05) is 40.5 Å². The second-order valence-electron chi connectivity index (χ2n) is 8.18. The number of hydrogen-bond donors (Lipinski definition) is 2. The number of amides is 1. The number of nitrogens with one attached hydrogen (secondary N) is 1. The lowest BCUT2D eigenvalue weighted by molar-refractivity contribution is -0.236. The number of rotatable bonds is 7. The van der Waals surface area contributed by atoms with Gasteiger partial charge in [-0.1, -0.05) is 11.6 Å². The summed E-state index contributed by atoms with van der Waals surface area (Å²) in [6.07, 6.45) is -0.309. The molecule has 11 heteroatoms. The summed E-state index contributed by atoms with van der Waals surface area (Å²) in [6, 6.07) is 5.71. The molecule has 6 nitrogen and oxygen atoms in total. The molecule has 2 aromatic rings. The molecule has 178 valence electrons. The maximum absolute atomic E-state index is 13.4. The Morgan fingerprint density at radius 2 is 1.94 bits per heavy atom. The summed E-state index contributed by atoms with van der Waals surface area (Å²) in [5, 5.41) is 12.5. The van der Waals surface area contributed by atoms with Crippen molar-refractivity contribution in [2.75, 3.05) is 11.1 Å². The van der Waals surface area contributed by atoms with E-state index in [-0.39, 0.29) is 17.7 Å². The minimum Gasteiger partial charge on any atom is -0.459 e. The Morgan fingerprint density at radius 1 is 1.30 bits per heavy atom. The van der Waals surface area contributed by atoms with E-state index in [0.29, 0.717) is 27.8 Å². The number of benzene rings is 2. The van der Waals surface area contributed by atoms with E-state index in [4.69, 9.17) is 21.1 Å². The van der Waals surface area contributed by atoms with E-state index < -0.39 is 46.8 Å². The highest BCUT2D eigenvalue weighted by molar-refractivity contribution is 7.99. The number of carbonyl (C=O) groups excluding carboxylic acids is 2. The first-order chi connectivity index (χ1) is 15.3. The van der Waals surface area contributed by atoms with Gasteiger partial charge in [0.15, 0.2) is 28.8 Å². The van der Waals surface area contributed by atoms with Gasteiger partial charge in [0.2, 0.25) is 0 Å². The first kappa shape index (κ1) is 25.4. The predicted molar refractivity (Wildman–Crippen MR) is 117 cm³/mol. The van der Waals surface area contributed by atoms with Crippen molar-refractivity contribution in [2.24, 2.45) is 0 Å². The average molecular weight is 504 g/mol. The normalized spacial score (nSPS) is 20.6. The van der Waals surface area contributed by atoms with Gasteiger partial charge in [0.05, 0.1) is 5.02 Å². The van der Waals surface area contributed by atoms with Crippen LogP contribution in [0.25, 0.3) is 0 Å². The van der Waals surface area contributed by atoms with Crippen LogP contribution in [-0.2, 0) is 14.3 Å². The van der Waals surface area contributed by atoms with Crippen LogP contribution in [0.3, 0.4) is 0 Å². The molecule has 1 saturated heterocycles. The Bertz CT molecular complexity index is 1070. The largest absolute Gasteiger partial charge is 0.459 e. The summed E-state index contributed by atoms with van der Waals surface area (Å²) in [5.74, 6) is -6.97. The van der Waals surface area contributed by atoms with Gasteiger partial charge in [0.1, 0.15) is 6.10 Å². The summed E-state index contributed by atoms with van der Waals surface area (Å²) in [5.41, 5.74) is -1.40. The number of carbonyl (C=O) groups is 2. The van der Waals surface area contributed by atoms with E-state index in [0.717, 1.165) is 0 Å². The fourth-order valence-electron chi connectivity index (χ4n) is 3.33. The number of halogens is 4. The molecule has 2 N–H and O–H groups in total. The van der Waals surface area contributed by atoms with Crippen LogP contribution in [0.5, 0.6) is 0 Å². The van der Waals surface area contributed by atoms with Gasteiger partial charge in [0.25, 0.3) is 5.91 Å². The monoisotopic (exact) mass is 503 g/mol. The molecule has 1 heterocycles. The van der Waals surface area contributed by atoms with Crippen LogP contribution in [0, 0.1) is 17.5 Å². The smallest absolute Gasteiger partial charge is 0.338 e. The summed E-state index contributed by atoms with van der Waals surface area (Å²) in [7, 11) is 0. The topological polar surface area (TPSA) is 84.9 Å². The van der Waals surface area contributed by atoms with Gasteiger partial charge in [-0.2, -0.15) is 0 Å². The lowest BCUT2D eigenvalue weighted by Crippen LogP contribution is -2.42. The fourth-order valence-corrected chi connectivity index (χ4v) is 4.58. The SMILES string of the molecule is CC(C)(O)OC1(C)CC(CSc2cc(C(=O)Nc3cc(F)c(F)c(F)c3)ccc2Cl)OC1=O.